The zero-order valence-corrected chi connectivity index (χ0v) is 10.8. The summed E-state index contributed by atoms with van der Waals surface area (Å²) in [6.45, 7) is 1.42. The van der Waals surface area contributed by atoms with Crippen LogP contribution >= 0.6 is 0 Å². The first-order valence-corrected chi connectivity index (χ1v) is 6.76. The first-order valence-electron chi connectivity index (χ1n) is 6.76. The van der Waals surface area contributed by atoms with Crippen molar-refractivity contribution in [2.24, 2.45) is 0 Å². The molecule has 2 N–H and O–H groups in total. The van der Waals surface area contributed by atoms with Gasteiger partial charge in [-0.3, -0.25) is 4.79 Å². The molecule has 3 heterocycles. The Balaban J connectivity index is 1.66. The quantitative estimate of drug-likeness (QED) is 0.866. The van der Waals surface area contributed by atoms with Crippen LogP contribution in [-0.2, 0) is 11.3 Å². The fraction of sp³-hybridized carbons (Fsp3) is 0.429. The second-order valence-electron chi connectivity index (χ2n) is 4.92. The van der Waals surface area contributed by atoms with Crippen LogP contribution in [0, 0.1) is 0 Å². The summed E-state index contributed by atoms with van der Waals surface area (Å²) >= 11 is 0. The van der Waals surface area contributed by atoms with Crippen LogP contribution in [0.4, 0.5) is 0 Å². The third-order valence-corrected chi connectivity index (χ3v) is 3.48. The number of aromatic nitrogens is 2. The molecule has 1 atom stereocenters. The van der Waals surface area contributed by atoms with Crippen LogP contribution in [0.25, 0.3) is 5.65 Å². The summed E-state index contributed by atoms with van der Waals surface area (Å²) in [7, 11) is 0. The maximum atomic E-state index is 11.8. The number of amides is 1. The lowest BCUT2D eigenvalue weighted by atomic mass is 10.1. The number of nitrogens with zero attached hydrogens (tertiary/aromatic N) is 2. The number of carbonyl (C=O) groups is 1. The third kappa shape index (κ3) is 2.76. The van der Waals surface area contributed by atoms with Crippen molar-refractivity contribution in [3.8, 4) is 0 Å². The predicted molar refractivity (Wildman–Crippen MR) is 72.7 cm³/mol. The van der Waals surface area contributed by atoms with Gasteiger partial charge in [-0.1, -0.05) is 6.07 Å². The van der Waals surface area contributed by atoms with E-state index in [2.05, 4.69) is 15.6 Å². The van der Waals surface area contributed by atoms with Crippen LogP contribution in [0.2, 0.25) is 0 Å². The van der Waals surface area contributed by atoms with Crippen molar-refractivity contribution < 1.29 is 4.79 Å². The Morgan fingerprint density at radius 1 is 1.42 bits per heavy atom. The smallest absolute Gasteiger partial charge is 0.237 e. The molecule has 0 aromatic carbocycles. The molecule has 3 rings (SSSR count). The lowest BCUT2D eigenvalue weighted by Crippen LogP contribution is -2.42. The summed E-state index contributed by atoms with van der Waals surface area (Å²) in [5.41, 5.74) is 1.90. The Hall–Kier alpha value is -1.88. The third-order valence-electron chi connectivity index (χ3n) is 3.48. The molecule has 5 heteroatoms. The fourth-order valence-electron chi connectivity index (χ4n) is 2.43. The maximum Gasteiger partial charge on any atom is 0.237 e. The summed E-state index contributed by atoms with van der Waals surface area (Å²) < 4.78 is 1.99. The first kappa shape index (κ1) is 12.2. The molecule has 100 valence electrons. The zero-order valence-electron chi connectivity index (χ0n) is 10.8. The van der Waals surface area contributed by atoms with E-state index in [1.54, 1.807) is 0 Å². The van der Waals surface area contributed by atoms with Crippen LogP contribution in [0.3, 0.4) is 0 Å². The molecular weight excluding hydrogens is 240 g/mol. The van der Waals surface area contributed by atoms with E-state index >= 15 is 0 Å². The van der Waals surface area contributed by atoms with Crippen LogP contribution in [0.15, 0.2) is 30.6 Å². The van der Waals surface area contributed by atoms with Crippen molar-refractivity contribution in [3.05, 3.63) is 36.3 Å². The molecule has 0 radical (unpaired) electrons. The second kappa shape index (κ2) is 5.40. The molecule has 0 aliphatic carbocycles. The van der Waals surface area contributed by atoms with Gasteiger partial charge in [0.1, 0.15) is 5.65 Å². The van der Waals surface area contributed by atoms with Gasteiger partial charge in [-0.05, 0) is 31.4 Å². The minimum atomic E-state index is -0.0905. The van der Waals surface area contributed by atoms with E-state index < -0.39 is 0 Å². The predicted octanol–water partition coefficient (Wildman–Crippen LogP) is 1.09. The highest BCUT2D eigenvalue weighted by Crippen LogP contribution is 2.08. The largest absolute Gasteiger partial charge is 0.355 e. The van der Waals surface area contributed by atoms with Gasteiger partial charge in [0.25, 0.3) is 0 Å². The van der Waals surface area contributed by atoms with Crippen molar-refractivity contribution in [3.63, 3.8) is 0 Å². The Kier molecular flexibility index (Phi) is 3.46. The monoisotopic (exact) mass is 258 g/mol. The molecule has 1 amide bonds. The van der Waals surface area contributed by atoms with Gasteiger partial charge in [-0.25, -0.2) is 4.98 Å². The van der Waals surface area contributed by atoms with Crippen LogP contribution in [0.1, 0.15) is 25.0 Å². The minimum absolute atomic E-state index is 0.0905. The minimum Gasteiger partial charge on any atom is -0.355 e. The van der Waals surface area contributed by atoms with Gasteiger partial charge >= 0.3 is 0 Å². The molecule has 2 aromatic rings. The number of hydrogen-bond donors (Lipinski definition) is 2. The lowest BCUT2D eigenvalue weighted by molar-refractivity contribution is -0.122. The molecular formula is C14H18N4O. The molecule has 1 aliphatic heterocycles. The SMILES string of the molecule is O=C1NCCCCC1NCc1cn2ccccc2n1. The van der Waals surface area contributed by atoms with E-state index in [0.717, 1.165) is 37.1 Å². The summed E-state index contributed by atoms with van der Waals surface area (Å²) in [4.78, 5) is 16.3. The van der Waals surface area contributed by atoms with E-state index in [1.165, 1.54) is 0 Å². The first-order chi connectivity index (χ1) is 9.33. The van der Waals surface area contributed by atoms with Gasteiger partial charge in [-0.15, -0.1) is 0 Å². The van der Waals surface area contributed by atoms with Crippen molar-refractivity contribution in [1.29, 1.82) is 0 Å². The molecule has 0 spiro atoms. The van der Waals surface area contributed by atoms with Crippen molar-refractivity contribution >= 4 is 11.6 Å². The van der Waals surface area contributed by atoms with Crippen molar-refractivity contribution in [1.82, 2.24) is 20.0 Å². The van der Waals surface area contributed by atoms with Crippen LogP contribution in [0.5, 0.6) is 0 Å². The molecule has 2 aromatic heterocycles. The number of carbonyl (C=O) groups excluding carboxylic acids is 1. The van der Waals surface area contributed by atoms with E-state index in [9.17, 15) is 4.79 Å². The zero-order chi connectivity index (χ0) is 13.1. The summed E-state index contributed by atoms with van der Waals surface area (Å²) in [6, 6.07) is 5.83. The molecule has 1 saturated heterocycles. The standard InChI is InChI=1S/C14H18N4O/c19-14-12(5-1-3-7-15-14)16-9-11-10-18-8-4-2-6-13(18)17-11/h2,4,6,8,10,12,16H,1,3,5,7,9H2,(H,15,19). The van der Waals surface area contributed by atoms with Gasteiger partial charge in [0, 0.05) is 25.5 Å². The molecule has 1 fully saturated rings. The summed E-state index contributed by atoms with van der Waals surface area (Å²) in [5, 5.41) is 6.23. The number of hydrogen-bond acceptors (Lipinski definition) is 3. The van der Waals surface area contributed by atoms with Gasteiger partial charge in [0.15, 0.2) is 0 Å². The average molecular weight is 258 g/mol. The highest BCUT2D eigenvalue weighted by atomic mass is 16.2. The van der Waals surface area contributed by atoms with Crippen LogP contribution in [-0.4, -0.2) is 27.9 Å². The lowest BCUT2D eigenvalue weighted by Gasteiger charge is -2.13. The normalized spacial score (nSPS) is 20.2. The van der Waals surface area contributed by atoms with Crippen LogP contribution < -0.4 is 10.6 Å². The Labute approximate surface area is 112 Å². The summed E-state index contributed by atoms with van der Waals surface area (Å²) in [5.74, 6) is 0.112. The van der Waals surface area contributed by atoms with Gasteiger partial charge in [0.2, 0.25) is 5.91 Å². The van der Waals surface area contributed by atoms with Crippen molar-refractivity contribution in [2.45, 2.75) is 31.8 Å². The second-order valence-corrected chi connectivity index (χ2v) is 4.92. The van der Waals surface area contributed by atoms with Gasteiger partial charge in [0.05, 0.1) is 11.7 Å². The number of imidazole rings is 1. The Bertz CT molecular complexity index is 545. The summed E-state index contributed by atoms with van der Waals surface area (Å²) in [6.07, 6.45) is 7.03. The van der Waals surface area contributed by atoms with Gasteiger partial charge in [-0.2, -0.15) is 0 Å². The molecule has 0 saturated carbocycles. The Morgan fingerprint density at radius 2 is 2.37 bits per heavy atom. The number of fused-ring (bicyclic) bond motifs is 1. The number of nitrogens with one attached hydrogen (secondary N) is 2. The van der Waals surface area contributed by atoms with E-state index in [1.807, 2.05) is 35.0 Å². The number of rotatable bonds is 3. The maximum absolute atomic E-state index is 11.8. The molecule has 5 nitrogen and oxygen atoms in total. The molecule has 0 bridgehead atoms. The number of pyridine rings is 1. The topological polar surface area (TPSA) is 58.4 Å². The molecule has 19 heavy (non-hydrogen) atoms. The van der Waals surface area contributed by atoms with Crippen molar-refractivity contribution in [2.75, 3.05) is 6.54 Å². The van der Waals surface area contributed by atoms with E-state index in [-0.39, 0.29) is 11.9 Å². The van der Waals surface area contributed by atoms with E-state index in [0.29, 0.717) is 6.54 Å². The molecule has 1 aliphatic rings. The fourth-order valence-corrected chi connectivity index (χ4v) is 2.43. The highest BCUT2D eigenvalue weighted by molar-refractivity contribution is 5.81. The average Bonchev–Trinajstić information content (AvgIpc) is 2.73. The van der Waals surface area contributed by atoms with E-state index in [4.69, 9.17) is 0 Å². The van der Waals surface area contributed by atoms with Gasteiger partial charge < -0.3 is 15.0 Å². The molecule has 1 unspecified atom stereocenters. The Morgan fingerprint density at radius 3 is 3.26 bits per heavy atom. The highest BCUT2D eigenvalue weighted by Gasteiger charge is 2.19.